The number of amides is 3. The zero-order valence-corrected chi connectivity index (χ0v) is 15.9. The predicted octanol–water partition coefficient (Wildman–Crippen LogP) is 0.574. The van der Waals surface area contributed by atoms with E-state index in [2.05, 4.69) is 16.0 Å². The Hall–Kier alpha value is -2.67. The summed E-state index contributed by atoms with van der Waals surface area (Å²) < 4.78 is 0. The van der Waals surface area contributed by atoms with Crippen LogP contribution in [0.2, 0.25) is 0 Å². The third-order valence-corrected chi connectivity index (χ3v) is 4.52. The van der Waals surface area contributed by atoms with Gasteiger partial charge in [0.15, 0.2) is 0 Å². The van der Waals surface area contributed by atoms with Crippen molar-refractivity contribution in [3.63, 3.8) is 0 Å². The number of benzene rings is 1. The number of hydrogen-bond donors (Lipinski definition) is 3. The lowest BCUT2D eigenvalue weighted by Gasteiger charge is -2.24. The maximum atomic E-state index is 12.7. The van der Waals surface area contributed by atoms with Gasteiger partial charge in [0.25, 0.3) is 0 Å². The van der Waals surface area contributed by atoms with Crippen molar-refractivity contribution in [2.45, 2.75) is 38.3 Å². The van der Waals surface area contributed by atoms with Crippen LogP contribution in [0.25, 0.3) is 0 Å². The molecular formula is C20H28N4O3. The Kier molecular flexibility index (Phi) is 8.00. The number of rotatable bonds is 8. The second-order valence-electron chi connectivity index (χ2n) is 6.59. The van der Waals surface area contributed by atoms with Crippen molar-refractivity contribution in [1.82, 2.24) is 20.9 Å². The van der Waals surface area contributed by atoms with Gasteiger partial charge in [0.1, 0.15) is 12.6 Å². The molecule has 2 rings (SSSR count). The molecule has 146 valence electrons. The minimum Gasteiger partial charge on any atom is -0.354 e. The SMILES string of the molecule is CN[C@@H](C)C(=O)NC1CCC=CN(CC(=O)NCCc2ccccc2)C1=O. The van der Waals surface area contributed by atoms with Gasteiger partial charge in [0.05, 0.1) is 6.04 Å². The van der Waals surface area contributed by atoms with E-state index in [1.807, 2.05) is 36.4 Å². The van der Waals surface area contributed by atoms with Gasteiger partial charge in [0, 0.05) is 12.7 Å². The molecular weight excluding hydrogens is 344 g/mol. The molecule has 27 heavy (non-hydrogen) atoms. The molecule has 1 aliphatic heterocycles. The van der Waals surface area contributed by atoms with Gasteiger partial charge in [-0.15, -0.1) is 0 Å². The number of allylic oxidation sites excluding steroid dienone is 1. The predicted molar refractivity (Wildman–Crippen MR) is 104 cm³/mol. The van der Waals surface area contributed by atoms with Gasteiger partial charge in [-0.25, -0.2) is 0 Å². The van der Waals surface area contributed by atoms with Crippen LogP contribution in [0.1, 0.15) is 25.3 Å². The Morgan fingerprint density at radius 1 is 1.26 bits per heavy atom. The number of likely N-dealkylation sites (N-methyl/N-ethyl adjacent to an activating group) is 1. The molecule has 1 heterocycles. The summed E-state index contributed by atoms with van der Waals surface area (Å²) in [6.45, 7) is 2.18. The first kappa shape index (κ1) is 20.6. The fourth-order valence-electron chi connectivity index (χ4n) is 2.76. The lowest BCUT2D eigenvalue weighted by Crippen LogP contribution is -2.52. The molecule has 2 atom stereocenters. The minimum atomic E-state index is -0.625. The number of nitrogens with zero attached hydrogens (tertiary/aromatic N) is 1. The second-order valence-corrected chi connectivity index (χ2v) is 6.59. The topological polar surface area (TPSA) is 90.5 Å². The fourth-order valence-corrected chi connectivity index (χ4v) is 2.76. The summed E-state index contributed by atoms with van der Waals surface area (Å²) in [6.07, 6.45) is 5.40. The summed E-state index contributed by atoms with van der Waals surface area (Å²) in [4.78, 5) is 38.3. The zero-order valence-electron chi connectivity index (χ0n) is 15.9. The Morgan fingerprint density at radius 2 is 2.00 bits per heavy atom. The smallest absolute Gasteiger partial charge is 0.249 e. The highest BCUT2D eigenvalue weighted by atomic mass is 16.2. The van der Waals surface area contributed by atoms with Gasteiger partial charge < -0.3 is 20.9 Å². The summed E-state index contributed by atoms with van der Waals surface area (Å²) in [6, 6.07) is 8.87. The number of carbonyl (C=O) groups excluding carboxylic acids is 3. The van der Waals surface area contributed by atoms with Crippen LogP contribution in [-0.4, -0.2) is 54.8 Å². The lowest BCUT2D eigenvalue weighted by atomic mass is 10.1. The van der Waals surface area contributed by atoms with E-state index in [-0.39, 0.29) is 30.3 Å². The molecule has 1 aliphatic rings. The summed E-state index contributed by atoms with van der Waals surface area (Å²) in [5.74, 6) is -0.719. The Labute approximate surface area is 160 Å². The van der Waals surface area contributed by atoms with E-state index < -0.39 is 6.04 Å². The van der Waals surface area contributed by atoms with Crippen molar-refractivity contribution in [2.24, 2.45) is 0 Å². The Balaban J connectivity index is 1.85. The van der Waals surface area contributed by atoms with E-state index in [0.717, 1.165) is 12.0 Å². The van der Waals surface area contributed by atoms with E-state index in [0.29, 0.717) is 19.4 Å². The van der Waals surface area contributed by atoms with E-state index in [9.17, 15) is 14.4 Å². The fraction of sp³-hybridized carbons (Fsp3) is 0.450. The van der Waals surface area contributed by atoms with Crippen LogP contribution in [0.5, 0.6) is 0 Å². The third kappa shape index (κ3) is 6.53. The first-order valence-corrected chi connectivity index (χ1v) is 9.26. The molecule has 1 aromatic rings. The van der Waals surface area contributed by atoms with Crippen LogP contribution in [0.3, 0.4) is 0 Å². The van der Waals surface area contributed by atoms with Crippen LogP contribution < -0.4 is 16.0 Å². The van der Waals surface area contributed by atoms with Gasteiger partial charge in [-0.3, -0.25) is 14.4 Å². The van der Waals surface area contributed by atoms with Crippen LogP contribution in [0.15, 0.2) is 42.6 Å². The molecule has 0 bridgehead atoms. The zero-order chi connectivity index (χ0) is 19.6. The van der Waals surface area contributed by atoms with Crippen LogP contribution in [0.4, 0.5) is 0 Å². The monoisotopic (exact) mass is 372 g/mol. The highest BCUT2D eigenvalue weighted by molar-refractivity contribution is 5.92. The number of hydrogen-bond acceptors (Lipinski definition) is 4. The van der Waals surface area contributed by atoms with Gasteiger partial charge >= 0.3 is 0 Å². The highest BCUT2D eigenvalue weighted by Gasteiger charge is 2.28. The molecule has 7 nitrogen and oxygen atoms in total. The maximum Gasteiger partial charge on any atom is 0.249 e. The van der Waals surface area contributed by atoms with Crippen molar-refractivity contribution in [3.05, 3.63) is 48.2 Å². The van der Waals surface area contributed by atoms with Crippen LogP contribution in [0, 0.1) is 0 Å². The molecule has 0 saturated carbocycles. The molecule has 7 heteroatoms. The second kappa shape index (κ2) is 10.5. The van der Waals surface area contributed by atoms with Crippen LogP contribution >= 0.6 is 0 Å². The van der Waals surface area contributed by atoms with E-state index in [1.54, 1.807) is 20.2 Å². The standard InChI is InChI=1S/C20H28N4O3/c1-15(21-2)19(26)23-17-10-6-7-13-24(20(17)27)14-18(25)22-12-11-16-8-4-3-5-9-16/h3-5,7-9,13,15,17,21H,6,10-12,14H2,1-2H3,(H,22,25)(H,23,26)/t15-,17?/m0/s1. The first-order chi connectivity index (χ1) is 13.0. The minimum absolute atomic E-state index is 0.0575. The molecule has 1 aromatic carbocycles. The third-order valence-electron chi connectivity index (χ3n) is 4.52. The Morgan fingerprint density at radius 3 is 2.70 bits per heavy atom. The molecule has 0 aliphatic carbocycles. The van der Waals surface area contributed by atoms with Gasteiger partial charge in [0.2, 0.25) is 17.7 Å². The number of nitrogens with one attached hydrogen (secondary N) is 3. The first-order valence-electron chi connectivity index (χ1n) is 9.26. The average Bonchev–Trinajstić information content (AvgIpc) is 2.84. The summed E-state index contributed by atoms with van der Waals surface area (Å²) in [7, 11) is 1.69. The van der Waals surface area contributed by atoms with Crippen LogP contribution in [-0.2, 0) is 20.8 Å². The van der Waals surface area contributed by atoms with Crippen molar-refractivity contribution in [1.29, 1.82) is 0 Å². The highest BCUT2D eigenvalue weighted by Crippen LogP contribution is 2.10. The quantitative estimate of drug-likeness (QED) is 0.622. The van der Waals surface area contributed by atoms with E-state index in [1.165, 1.54) is 4.90 Å². The maximum absolute atomic E-state index is 12.7. The molecule has 0 radical (unpaired) electrons. The largest absolute Gasteiger partial charge is 0.354 e. The number of carbonyl (C=O) groups is 3. The van der Waals surface area contributed by atoms with Gasteiger partial charge in [-0.2, -0.15) is 0 Å². The summed E-state index contributed by atoms with van der Waals surface area (Å²) in [5, 5.41) is 8.45. The Bertz CT molecular complexity index is 675. The molecule has 0 saturated heterocycles. The normalized spacial score (nSPS) is 17.9. The summed E-state index contributed by atoms with van der Waals surface area (Å²) >= 11 is 0. The van der Waals surface area contributed by atoms with E-state index >= 15 is 0 Å². The molecule has 1 unspecified atom stereocenters. The van der Waals surface area contributed by atoms with Gasteiger partial charge in [-0.05, 0) is 38.8 Å². The molecule has 3 N–H and O–H groups in total. The molecule has 3 amide bonds. The molecule has 0 spiro atoms. The van der Waals surface area contributed by atoms with E-state index in [4.69, 9.17) is 0 Å². The van der Waals surface area contributed by atoms with Crippen molar-refractivity contribution in [3.8, 4) is 0 Å². The van der Waals surface area contributed by atoms with Crippen molar-refractivity contribution in [2.75, 3.05) is 20.1 Å². The molecule has 0 fully saturated rings. The lowest BCUT2D eigenvalue weighted by molar-refractivity contribution is -0.137. The van der Waals surface area contributed by atoms with Crippen molar-refractivity contribution < 1.29 is 14.4 Å². The van der Waals surface area contributed by atoms with Crippen molar-refractivity contribution >= 4 is 17.7 Å². The average molecular weight is 372 g/mol. The molecule has 0 aromatic heterocycles. The summed E-state index contributed by atoms with van der Waals surface area (Å²) in [5.41, 5.74) is 1.14. The van der Waals surface area contributed by atoms with Gasteiger partial charge in [-0.1, -0.05) is 36.4 Å².